The highest BCUT2D eigenvalue weighted by Gasteiger charge is 2.32. The molecule has 1 amide bonds. The predicted molar refractivity (Wildman–Crippen MR) is 93.2 cm³/mol. The number of amides is 1. The maximum absolute atomic E-state index is 12.2. The van der Waals surface area contributed by atoms with Gasteiger partial charge in [0.1, 0.15) is 5.54 Å². The minimum atomic E-state index is -0.741. The molecule has 128 valence electrons. The SMILES string of the molecule is COc1cc(/C=C/C(=O)NC2(C#N)CCCCC2)cc(Cl)c1OC. The Bertz CT molecular complexity index is 674. The van der Waals surface area contributed by atoms with Gasteiger partial charge in [0.05, 0.1) is 25.3 Å². The van der Waals surface area contributed by atoms with Gasteiger partial charge in [-0.15, -0.1) is 0 Å². The molecule has 1 saturated carbocycles. The molecule has 1 aliphatic rings. The first-order valence-electron chi connectivity index (χ1n) is 7.86. The van der Waals surface area contributed by atoms with Gasteiger partial charge in [-0.05, 0) is 36.6 Å². The Labute approximate surface area is 147 Å². The average molecular weight is 349 g/mol. The van der Waals surface area contributed by atoms with Crippen molar-refractivity contribution < 1.29 is 14.3 Å². The molecular weight excluding hydrogens is 328 g/mol. The normalized spacial score (nSPS) is 16.4. The third-order valence-corrected chi connectivity index (χ3v) is 4.45. The summed E-state index contributed by atoms with van der Waals surface area (Å²) in [6, 6.07) is 5.68. The zero-order valence-electron chi connectivity index (χ0n) is 13.9. The van der Waals surface area contributed by atoms with Crippen LogP contribution < -0.4 is 14.8 Å². The van der Waals surface area contributed by atoms with E-state index in [1.807, 2.05) is 0 Å². The van der Waals surface area contributed by atoms with Crippen molar-refractivity contribution in [3.05, 3.63) is 28.8 Å². The summed E-state index contributed by atoms with van der Waals surface area (Å²) in [7, 11) is 3.03. The lowest BCUT2D eigenvalue weighted by molar-refractivity contribution is -0.118. The molecule has 6 heteroatoms. The zero-order chi connectivity index (χ0) is 17.6. The highest BCUT2D eigenvalue weighted by atomic mass is 35.5. The Balaban J connectivity index is 2.11. The van der Waals surface area contributed by atoms with E-state index in [1.165, 1.54) is 20.3 Å². The molecule has 1 N–H and O–H groups in total. The zero-order valence-corrected chi connectivity index (χ0v) is 14.7. The van der Waals surface area contributed by atoms with Crippen LogP contribution in [0.3, 0.4) is 0 Å². The molecule has 0 bridgehead atoms. The summed E-state index contributed by atoms with van der Waals surface area (Å²) in [6.45, 7) is 0. The highest BCUT2D eigenvalue weighted by Crippen LogP contribution is 2.36. The first-order valence-corrected chi connectivity index (χ1v) is 8.24. The number of rotatable bonds is 5. The molecule has 0 unspecified atom stereocenters. The molecule has 0 atom stereocenters. The quantitative estimate of drug-likeness (QED) is 0.823. The molecule has 2 rings (SSSR count). The number of nitriles is 1. The largest absolute Gasteiger partial charge is 0.493 e. The van der Waals surface area contributed by atoms with Gasteiger partial charge in [0.25, 0.3) is 0 Å². The molecule has 24 heavy (non-hydrogen) atoms. The second kappa shape index (κ2) is 8.07. The van der Waals surface area contributed by atoms with Crippen molar-refractivity contribution in [2.45, 2.75) is 37.6 Å². The minimum absolute atomic E-state index is 0.288. The van der Waals surface area contributed by atoms with E-state index in [9.17, 15) is 10.1 Å². The topological polar surface area (TPSA) is 71.3 Å². The number of ether oxygens (including phenoxy) is 2. The molecule has 1 fully saturated rings. The van der Waals surface area contributed by atoms with Crippen LogP contribution in [0.2, 0.25) is 5.02 Å². The number of halogens is 1. The molecule has 1 aromatic carbocycles. The van der Waals surface area contributed by atoms with Crippen LogP contribution in [0.25, 0.3) is 6.08 Å². The van der Waals surface area contributed by atoms with Gasteiger partial charge in [-0.2, -0.15) is 5.26 Å². The molecule has 0 aliphatic heterocycles. The van der Waals surface area contributed by atoms with E-state index in [2.05, 4.69) is 11.4 Å². The first kappa shape index (κ1) is 18.2. The number of methoxy groups -OCH3 is 2. The maximum atomic E-state index is 12.2. The minimum Gasteiger partial charge on any atom is -0.493 e. The smallest absolute Gasteiger partial charge is 0.245 e. The molecule has 1 aromatic rings. The molecule has 0 aromatic heterocycles. The fourth-order valence-corrected chi connectivity index (χ4v) is 3.20. The van der Waals surface area contributed by atoms with Gasteiger partial charge in [0.15, 0.2) is 11.5 Å². The number of hydrogen-bond donors (Lipinski definition) is 1. The standard InChI is InChI=1S/C18H21ClN2O3/c1-23-15-11-13(10-14(19)17(15)24-2)6-7-16(22)21-18(12-20)8-4-3-5-9-18/h6-7,10-11H,3-5,8-9H2,1-2H3,(H,21,22)/b7-6+. The van der Waals surface area contributed by atoms with Crippen molar-refractivity contribution in [2.75, 3.05) is 14.2 Å². The lowest BCUT2D eigenvalue weighted by Crippen LogP contribution is -2.48. The summed E-state index contributed by atoms with van der Waals surface area (Å²) in [5.74, 6) is 0.654. The van der Waals surface area contributed by atoms with Crippen molar-refractivity contribution in [3.8, 4) is 17.6 Å². The summed E-state index contributed by atoms with van der Waals surface area (Å²) < 4.78 is 10.4. The van der Waals surface area contributed by atoms with E-state index in [0.29, 0.717) is 34.9 Å². The second-order valence-corrected chi connectivity index (χ2v) is 6.22. The summed E-state index contributed by atoms with van der Waals surface area (Å²) in [6.07, 6.45) is 7.48. The van der Waals surface area contributed by atoms with Crippen molar-refractivity contribution in [2.24, 2.45) is 0 Å². The third kappa shape index (κ3) is 4.21. The number of nitrogens with zero attached hydrogens (tertiary/aromatic N) is 1. The van der Waals surface area contributed by atoms with Crippen LogP contribution in [0.1, 0.15) is 37.7 Å². The van der Waals surface area contributed by atoms with Crippen molar-refractivity contribution in [1.29, 1.82) is 5.26 Å². The number of hydrogen-bond acceptors (Lipinski definition) is 4. The van der Waals surface area contributed by atoms with E-state index in [0.717, 1.165) is 19.3 Å². The van der Waals surface area contributed by atoms with Crippen LogP contribution in [0.4, 0.5) is 0 Å². The van der Waals surface area contributed by atoms with E-state index < -0.39 is 5.54 Å². The molecule has 0 saturated heterocycles. The number of benzene rings is 1. The van der Waals surface area contributed by atoms with Crippen molar-refractivity contribution in [3.63, 3.8) is 0 Å². The predicted octanol–water partition coefficient (Wildman–Crippen LogP) is 3.71. The van der Waals surface area contributed by atoms with Gasteiger partial charge >= 0.3 is 0 Å². The average Bonchev–Trinajstić information content (AvgIpc) is 2.60. The summed E-state index contributed by atoms with van der Waals surface area (Å²) in [4.78, 5) is 12.2. The van der Waals surface area contributed by atoms with Crippen molar-refractivity contribution in [1.82, 2.24) is 5.32 Å². The Hall–Kier alpha value is -2.19. The molecular formula is C18H21ClN2O3. The van der Waals surface area contributed by atoms with Gasteiger partial charge in [0.2, 0.25) is 5.91 Å². The number of nitrogens with one attached hydrogen (secondary N) is 1. The van der Waals surface area contributed by atoms with Gasteiger partial charge < -0.3 is 14.8 Å². The van der Waals surface area contributed by atoms with Crippen LogP contribution in [0, 0.1) is 11.3 Å². The maximum Gasteiger partial charge on any atom is 0.245 e. The van der Waals surface area contributed by atoms with Gasteiger partial charge in [-0.25, -0.2) is 0 Å². The van der Waals surface area contributed by atoms with Crippen LogP contribution in [0.5, 0.6) is 11.5 Å². The molecule has 1 aliphatic carbocycles. The van der Waals surface area contributed by atoms with Crippen molar-refractivity contribution >= 4 is 23.6 Å². The van der Waals surface area contributed by atoms with Gasteiger partial charge in [0, 0.05) is 6.08 Å². The molecule has 5 nitrogen and oxygen atoms in total. The Morgan fingerprint density at radius 2 is 2.00 bits per heavy atom. The summed E-state index contributed by atoms with van der Waals surface area (Å²) in [5, 5.41) is 12.6. The van der Waals surface area contributed by atoms with Crippen LogP contribution in [-0.2, 0) is 4.79 Å². The fraction of sp³-hybridized carbons (Fsp3) is 0.444. The molecule has 0 heterocycles. The molecule has 0 spiro atoms. The number of carbonyl (C=O) groups is 1. The monoisotopic (exact) mass is 348 g/mol. The van der Waals surface area contributed by atoms with Gasteiger partial charge in [-0.3, -0.25) is 4.79 Å². The van der Waals surface area contributed by atoms with E-state index in [-0.39, 0.29) is 5.91 Å². The summed E-state index contributed by atoms with van der Waals surface area (Å²) in [5.41, 5.74) is -0.0306. The second-order valence-electron chi connectivity index (χ2n) is 5.82. The lowest BCUT2D eigenvalue weighted by atomic mass is 9.83. The number of carbonyl (C=O) groups excluding carboxylic acids is 1. The van der Waals surface area contributed by atoms with E-state index in [4.69, 9.17) is 21.1 Å². The van der Waals surface area contributed by atoms with Crippen LogP contribution in [0.15, 0.2) is 18.2 Å². The van der Waals surface area contributed by atoms with E-state index >= 15 is 0 Å². The Morgan fingerprint density at radius 1 is 1.29 bits per heavy atom. The van der Waals surface area contributed by atoms with Crippen LogP contribution >= 0.6 is 11.6 Å². The fourth-order valence-electron chi connectivity index (χ4n) is 2.90. The highest BCUT2D eigenvalue weighted by molar-refractivity contribution is 6.32. The summed E-state index contributed by atoms with van der Waals surface area (Å²) >= 11 is 6.15. The Kier molecular flexibility index (Phi) is 6.10. The Morgan fingerprint density at radius 3 is 2.58 bits per heavy atom. The first-order chi connectivity index (χ1) is 11.5. The van der Waals surface area contributed by atoms with E-state index in [1.54, 1.807) is 18.2 Å². The third-order valence-electron chi connectivity index (χ3n) is 4.17. The van der Waals surface area contributed by atoms with Gasteiger partial charge in [-0.1, -0.05) is 30.9 Å². The lowest BCUT2D eigenvalue weighted by Gasteiger charge is -2.31. The molecule has 0 radical (unpaired) electrons. The van der Waals surface area contributed by atoms with Crippen LogP contribution in [-0.4, -0.2) is 25.7 Å².